The first kappa shape index (κ1) is 16.2. The Hall–Kier alpha value is -2.13. The molecule has 7 nitrogen and oxygen atoms in total. The van der Waals surface area contributed by atoms with E-state index in [0.29, 0.717) is 5.69 Å². The van der Waals surface area contributed by atoms with E-state index in [1.54, 1.807) is 24.4 Å². The number of amides is 1. The second-order valence-electron chi connectivity index (χ2n) is 4.42. The predicted octanol–water partition coefficient (Wildman–Crippen LogP) is -1.14. The fourth-order valence-electron chi connectivity index (χ4n) is 1.93. The number of aromatic nitrogens is 1. The van der Waals surface area contributed by atoms with E-state index in [9.17, 15) is 24.6 Å². The molecule has 2 heterocycles. The molecule has 9 heteroatoms. The van der Waals surface area contributed by atoms with Crippen molar-refractivity contribution in [3.8, 4) is 0 Å². The molecule has 116 valence electrons. The van der Waals surface area contributed by atoms with Crippen molar-refractivity contribution in [3.63, 3.8) is 0 Å². The Bertz CT molecular complexity index is 653. The van der Waals surface area contributed by atoms with Gasteiger partial charge in [0.1, 0.15) is 4.32 Å². The Morgan fingerprint density at radius 2 is 2.18 bits per heavy atom. The van der Waals surface area contributed by atoms with Crippen LogP contribution in [0.2, 0.25) is 0 Å². The molecule has 1 amide bonds. The fourth-order valence-corrected chi connectivity index (χ4v) is 3.28. The number of H-pyrrole nitrogens is 1. The number of hydrogen-bond donors (Lipinski definition) is 1. The van der Waals surface area contributed by atoms with Gasteiger partial charge in [0.2, 0.25) is 0 Å². The summed E-state index contributed by atoms with van der Waals surface area (Å²) in [6.07, 6.45) is 2.39. The summed E-state index contributed by atoms with van der Waals surface area (Å²) in [6.45, 7) is 0. The van der Waals surface area contributed by atoms with Gasteiger partial charge in [-0.05, 0) is 31.1 Å². The van der Waals surface area contributed by atoms with Crippen LogP contribution < -0.4 is 10.2 Å². The highest BCUT2D eigenvalue weighted by atomic mass is 32.2. The molecule has 22 heavy (non-hydrogen) atoms. The molecule has 0 bridgehead atoms. The minimum Gasteiger partial charge on any atom is -0.550 e. The predicted molar refractivity (Wildman–Crippen MR) is 78.8 cm³/mol. The second kappa shape index (κ2) is 6.75. The first-order chi connectivity index (χ1) is 10.4. The van der Waals surface area contributed by atoms with Gasteiger partial charge in [0, 0.05) is 17.9 Å². The highest BCUT2D eigenvalue weighted by Gasteiger charge is 2.37. The Balaban J connectivity index is 2.22. The van der Waals surface area contributed by atoms with E-state index in [1.807, 2.05) is 0 Å². The van der Waals surface area contributed by atoms with Crippen LogP contribution in [-0.2, 0) is 14.4 Å². The third-order valence-corrected chi connectivity index (χ3v) is 4.27. The Kier molecular flexibility index (Phi) is 4.99. The number of hydrogen-bond acceptors (Lipinski definition) is 7. The normalized spacial score (nSPS) is 18.0. The van der Waals surface area contributed by atoms with E-state index >= 15 is 0 Å². The van der Waals surface area contributed by atoms with Crippen molar-refractivity contribution in [1.29, 1.82) is 0 Å². The van der Waals surface area contributed by atoms with Crippen LogP contribution in [0.1, 0.15) is 18.5 Å². The summed E-state index contributed by atoms with van der Waals surface area (Å²) in [7, 11) is 0. The zero-order valence-electron chi connectivity index (χ0n) is 11.1. The number of thioether (sulfide) groups is 1. The van der Waals surface area contributed by atoms with Crippen molar-refractivity contribution in [2.75, 3.05) is 0 Å². The van der Waals surface area contributed by atoms with Gasteiger partial charge < -0.3 is 24.8 Å². The Morgan fingerprint density at radius 1 is 1.45 bits per heavy atom. The van der Waals surface area contributed by atoms with Crippen LogP contribution >= 0.6 is 24.0 Å². The zero-order chi connectivity index (χ0) is 16.3. The highest BCUT2D eigenvalue weighted by molar-refractivity contribution is 8.26. The van der Waals surface area contributed by atoms with Gasteiger partial charge in [0.05, 0.1) is 16.9 Å². The number of carboxylic acid groups (broad SMARTS) is 2. The molecule has 1 aromatic rings. The van der Waals surface area contributed by atoms with E-state index in [-0.39, 0.29) is 15.6 Å². The molecule has 1 aromatic heterocycles. The summed E-state index contributed by atoms with van der Waals surface area (Å²) in [6, 6.07) is 2.05. The third-order valence-electron chi connectivity index (χ3n) is 2.94. The molecule has 2 rings (SSSR count). The lowest BCUT2D eigenvalue weighted by Crippen LogP contribution is -2.50. The van der Waals surface area contributed by atoms with Gasteiger partial charge in [-0.15, -0.1) is 0 Å². The summed E-state index contributed by atoms with van der Waals surface area (Å²) < 4.78 is 0.0513. The van der Waals surface area contributed by atoms with Gasteiger partial charge in [-0.25, -0.2) is 0 Å². The van der Waals surface area contributed by atoms with Crippen molar-refractivity contribution in [1.82, 2.24) is 9.88 Å². The van der Waals surface area contributed by atoms with Crippen molar-refractivity contribution in [3.05, 3.63) is 28.9 Å². The summed E-state index contributed by atoms with van der Waals surface area (Å²) in [5.41, 5.74) is 0.667. The highest BCUT2D eigenvalue weighted by Crippen LogP contribution is 2.34. The minimum atomic E-state index is -1.56. The number of carbonyl (C=O) groups is 3. The Labute approximate surface area is 135 Å². The molecular weight excluding hydrogens is 328 g/mol. The summed E-state index contributed by atoms with van der Waals surface area (Å²) in [5, 5.41) is 21.7. The number of aliphatic carboxylic acids is 2. The molecule has 0 radical (unpaired) electrons. The average Bonchev–Trinajstić information content (AvgIpc) is 3.02. The van der Waals surface area contributed by atoms with Crippen molar-refractivity contribution in [2.24, 2.45) is 0 Å². The van der Waals surface area contributed by atoms with E-state index in [2.05, 4.69) is 4.98 Å². The van der Waals surface area contributed by atoms with Gasteiger partial charge in [0.25, 0.3) is 5.91 Å². The van der Waals surface area contributed by atoms with Gasteiger partial charge in [0.15, 0.2) is 0 Å². The number of rotatable bonds is 6. The van der Waals surface area contributed by atoms with Crippen LogP contribution in [0, 0.1) is 0 Å². The number of thiocarbonyl (C=S) groups is 1. The standard InChI is InChI=1S/C13H12N2O5S2/c16-10(17)4-3-8(12(19)20)15-11(18)9(22-13(15)21)6-7-2-1-5-14-7/h1-2,5-6,8,14H,3-4H2,(H,16,17)(H,19,20)/p-2/b9-6-/t8-/m0/s1. The van der Waals surface area contributed by atoms with Gasteiger partial charge in [-0.3, -0.25) is 9.69 Å². The van der Waals surface area contributed by atoms with Crippen LogP contribution in [0.4, 0.5) is 0 Å². The van der Waals surface area contributed by atoms with Crippen molar-refractivity contribution < 1.29 is 24.6 Å². The lowest BCUT2D eigenvalue weighted by atomic mass is 10.1. The quantitative estimate of drug-likeness (QED) is 0.515. The van der Waals surface area contributed by atoms with Crippen molar-refractivity contribution in [2.45, 2.75) is 18.9 Å². The molecule has 0 saturated carbocycles. The molecule has 1 fully saturated rings. The molecule has 0 aromatic carbocycles. The second-order valence-corrected chi connectivity index (χ2v) is 6.10. The van der Waals surface area contributed by atoms with Crippen LogP contribution in [0.15, 0.2) is 23.2 Å². The minimum absolute atomic E-state index is 0.0513. The molecule has 1 aliphatic heterocycles. The molecule has 1 N–H and O–H groups in total. The first-order valence-corrected chi connectivity index (χ1v) is 7.43. The van der Waals surface area contributed by atoms with Gasteiger partial charge >= 0.3 is 0 Å². The number of nitrogens with one attached hydrogen (secondary N) is 1. The van der Waals surface area contributed by atoms with Gasteiger partial charge in [-0.2, -0.15) is 0 Å². The van der Waals surface area contributed by atoms with E-state index in [1.165, 1.54) is 0 Å². The molecule has 1 saturated heterocycles. The van der Waals surface area contributed by atoms with Crippen LogP contribution in [0.3, 0.4) is 0 Å². The monoisotopic (exact) mass is 338 g/mol. The maximum Gasteiger partial charge on any atom is 0.266 e. The summed E-state index contributed by atoms with van der Waals surface area (Å²) in [4.78, 5) is 38.0. The lowest BCUT2D eigenvalue weighted by Gasteiger charge is -2.27. The largest absolute Gasteiger partial charge is 0.550 e. The Morgan fingerprint density at radius 3 is 2.73 bits per heavy atom. The number of carboxylic acids is 2. The summed E-state index contributed by atoms with van der Waals surface area (Å²) in [5.74, 6) is -3.55. The molecule has 0 unspecified atom stereocenters. The van der Waals surface area contributed by atoms with E-state index in [0.717, 1.165) is 16.7 Å². The maximum absolute atomic E-state index is 12.3. The van der Waals surface area contributed by atoms with Crippen molar-refractivity contribution >= 4 is 52.2 Å². The fraction of sp³-hybridized carbons (Fsp3) is 0.231. The molecule has 0 aliphatic carbocycles. The molecule has 1 aliphatic rings. The van der Waals surface area contributed by atoms with E-state index in [4.69, 9.17) is 12.2 Å². The summed E-state index contributed by atoms with van der Waals surface area (Å²) >= 11 is 5.98. The number of aromatic amines is 1. The smallest absolute Gasteiger partial charge is 0.266 e. The average molecular weight is 338 g/mol. The van der Waals surface area contributed by atoms with Crippen LogP contribution in [-0.4, -0.2) is 38.1 Å². The maximum atomic E-state index is 12.3. The topological polar surface area (TPSA) is 116 Å². The third kappa shape index (κ3) is 3.55. The molecule has 0 spiro atoms. The lowest BCUT2D eigenvalue weighted by molar-refractivity contribution is -0.311. The zero-order valence-corrected chi connectivity index (χ0v) is 12.7. The molecular formula is C13H10N2O5S2-2. The number of carbonyl (C=O) groups excluding carboxylic acids is 3. The van der Waals surface area contributed by atoms with Crippen LogP contribution in [0.5, 0.6) is 0 Å². The first-order valence-electron chi connectivity index (χ1n) is 6.21. The SMILES string of the molecule is O=C([O-])CC[C@@H](C(=O)[O-])N1C(=O)/C(=C/c2ccc[nH]2)SC1=S. The van der Waals surface area contributed by atoms with Crippen LogP contribution in [0.25, 0.3) is 6.08 Å². The van der Waals surface area contributed by atoms with E-state index < -0.39 is 30.3 Å². The van der Waals surface area contributed by atoms with Gasteiger partial charge in [-0.1, -0.05) is 24.0 Å². The number of nitrogens with zero attached hydrogens (tertiary/aromatic N) is 1. The molecule has 1 atom stereocenters.